The summed E-state index contributed by atoms with van der Waals surface area (Å²) in [6.45, 7) is 1.70. The quantitative estimate of drug-likeness (QED) is 0.615. The van der Waals surface area contributed by atoms with Gasteiger partial charge in [0.1, 0.15) is 11.6 Å². The van der Waals surface area contributed by atoms with Gasteiger partial charge in [-0.05, 0) is 19.1 Å². The number of hydrogen-bond donors (Lipinski definition) is 0. The Kier molecular flexibility index (Phi) is 4.71. The van der Waals surface area contributed by atoms with E-state index in [1.54, 1.807) is 6.92 Å². The van der Waals surface area contributed by atoms with Crippen LogP contribution in [0.1, 0.15) is 17.3 Å². The Morgan fingerprint density at radius 1 is 1.41 bits per heavy atom. The summed E-state index contributed by atoms with van der Waals surface area (Å²) >= 11 is 11.0. The van der Waals surface area contributed by atoms with Crippen LogP contribution in [-0.2, 0) is 0 Å². The lowest BCUT2D eigenvalue weighted by atomic mass is 10.1. The van der Waals surface area contributed by atoms with Gasteiger partial charge in [-0.15, -0.1) is 11.6 Å². The Hall–Kier alpha value is -0.870. The van der Waals surface area contributed by atoms with Gasteiger partial charge in [-0.25, -0.2) is 8.78 Å². The van der Waals surface area contributed by atoms with Gasteiger partial charge in [-0.2, -0.15) is 0 Å². The minimum absolute atomic E-state index is 0.208. The summed E-state index contributed by atoms with van der Waals surface area (Å²) in [5.41, 5.74) is -0.355. The van der Waals surface area contributed by atoms with Crippen LogP contribution in [0.3, 0.4) is 0 Å². The van der Waals surface area contributed by atoms with Gasteiger partial charge in [0.25, 0.3) is 5.91 Å². The summed E-state index contributed by atoms with van der Waals surface area (Å²) in [4.78, 5) is 13.1. The molecule has 1 rings (SSSR count). The highest BCUT2D eigenvalue weighted by Gasteiger charge is 2.21. The van der Waals surface area contributed by atoms with Crippen molar-refractivity contribution >= 4 is 29.1 Å². The van der Waals surface area contributed by atoms with Crippen molar-refractivity contribution in [2.45, 2.75) is 13.0 Å². The number of rotatable bonds is 3. The Morgan fingerprint density at radius 2 is 2.00 bits per heavy atom. The van der Waals surface area contributed by atoms with E-state index >= 15 is 0 Å². The molecule has 0 fully saturated rings. The molecular weight excluding hydrogens is 271 g/mol. The van der Waals surface area contributed by atoms with E-state index in [0.29, 0.717) is 0 Å². The molecule has 2 nitrogen and oxygen atoms in total. The van der Waals surface area contributed by atoms with Crippen molar-refractivity contribution in [3.63, 3.8) is 0 Å². The fraction of sp³-hybridized carbons (Fsp3) is 0.364. The van der Waals surface area contributed by atoms with Crippen LogP contribution in [0.25, 0.3) is 0 Å². The van der Waals surface area contributed by atoms with Crippen LogP contribution in [0, 0.1) is 11.6 Å². The third-order valence-corrected chi connectivity index (χ3v) is 3.18. The second kappa shape index (κ2) is 5.65. The van der Waals surface area contributed by atoms with Crippen molar-refractivity contribution in [1.82, 2.24) is 4.90 Å². The van der Waals surface area contributed by atoms with Crippen LogP contribution in [0.15, 0.2) is 12.1 Å². The highest BCUT2D eigenvalue weighted by molar-refractivity contribution is 6.30. The first-order chi connectivity index (χ1) is 7.88. The first-order valence-corrected chi connectivity index (χ1v) is 5.77. The first-order valence-electron chi connectivity index (χ1n) is 4.86. The largest absolute Gasteiger partial charge is 0.338 e. The molecule has 1 aromatic rings. The Labute approximate surface area is 108 Å². The highest BCUT2D eigenvalue weighted by atomic mass is 35.5. The molecule has 0 saturated carbocycles. The fourth-order valence-electron chi connectivity index (χ4n) is 1.18. The number of nitrogens with zero attached hydrogens (tertiary/aromatic N) is 1. The summed E-state index contributed by atoms with van der Waals surface area (Å²) < 4.78 is 26.6. The minimum Gasteiger partial charge on any atom is -0.338 e. The van der Waals surface area contributed by atoms with Crippen LogP contribution in [-0.4, -0.2) is 29.8 Å². The zero-order valence-corrected chi connectivity index (χ0v) is 10.8. The smallest absolute Gasteiger partial charge is 0.256 e. The molecule has 0 aromatic heterocycles. The van der Waals surface area contributed by atoms with Crippen LogP contribution >= 0.6 is 23.2 Å². The zero-order valence-electron chi connectivity index (χ0n) is 9.31. The Balaban J connectivity index is 3.08. The summed E-state index contributed by atoms with van der Waals surface area (Å²) in [6, 6.07) is 1.29. The standard InChI is InChI=1S/C11H11Cl2F2NO/c1-6(5-12)16(2)11(17)7-3-10(15)8(13)4-9(7)14/h3-4,6H,5H2,1-2H3. The third-order valence-electron chi connectivity index (χ3n) is 2.45. The maximum absolute atomic E-state index is 13.5. The monoisotopic (exact) mass is 281 g/mol. The van der Waals surface area contributed by atoms with E-state index in [4.69, 9.17) is 23.2 Å². The Morgan fingerprint density at radius 3 is 2.53 bits per heavy atom. The molecule has 17 heavy (non-hydrogen) atoms. The predicted octanol–water partition coefficient (Wildman–Crippen LogP) is 3.32. The van der Waals surface area contributed by atoms with Gasteiger partial charge in [-0.3, -0.25) is 4.79 Å². The predicted molar refractivity (Wildman–Crippen MR) is 63.6 cm³/mol. The van der Waals surface area contributed by atoms with Crippen molar-refractivity contribution in [2.24, 2.45) is 0 Å². The average molecular weight is 282 g/mol. The molecule has 1 atom stereocenters. The SMILES string of the molecule is CC(CCl)N(C)C(=O)c1cc(F)c(Cl)cc1F. The van der Waals surface area contributed by atoms with Crippen LogP contribution in [0.2, 0.25) is 5.02 Å². The number of carbonyl (C=O) groups is 1. The van der Waals surface area contributed by atoms with Crippen molar-refractivity contribution in [3.05, 3.63) is 34.4 Å². The molecule has 0 radical (unpaired) electrons. The zero-order chi connectivity index (χ0) is 13.2. The van der Waals surface area contributed by atoms with E-state index in [9.17, 15) is 13.6 Å². The van der Waals surface area contributed by atoms with Crippen molar-refractivity contribution in [2.75, 3.05) is 12.9 Å². The first kappa shape index (κ1) is 14.2. The molecule has 0 aliphatic carbocycles. The molecule has 1 aromatic carbocycles. The number of halogens is 4. The lowest BCUT2D eigenvalue weighted by molar-refractivity contribution is 0.0751. The molecule has 1 amide bonds. The molecule has 0 aliphatic heterocycles. The number of carbonyl (C=O) groups excluding carboxylic acids is 1. The molecule has 94 valence electrons. The molecule has 1 unspecified atom stereocenters. The van der Waals surface area contributed by atoms with Crippen LogP contribution < -0.4 is 0 Å². The number of hydrogen-bond acceptors (Lipinski definition) is 1. The van der Waals surface area contributed by atoms with E-state index in [2.05, 4.69) is 0 Å². The summed E-state index contributed by atoms with van der Waals surface area (Å²) in [5.74, 6) is -2.11. The van der Waals surface area contributed by atoms with Gasteiger partial charge >= 0.3 is 0 Å². The number of alkyl halides is 1. The van der Waals surface area contributed by atoms with Crippen LogP contribution in [0.5, 0.6) is 0 Å². The average Bonchev–Trinajstić information content (AvgIpc) is 2.31. The highest BCUT2D eigenvalue weighted by Crippen LogP contribution is 2.20. The van der Waals surface area contributed by atoms with E-state index in [1.807, 2.05) is 0 Å². The Bertz CT molecular complexity index is 440. The lowest BCUT2D eigenvalue weighted by Crippen LogP contribution is -2.36. The van der Waals surface area contributed by atoms with Gasteiger partial charge in [0.2, 0.25) is 0 Å². The van der Waals surface area contributed by atoms with Crippen LogP contribution in [0.4, 0.5) is 8.78 Å². The van der Waals surface area contributed by atoms with E-state index < -0.39 is 17.5 Å². The molecule has 6 heteroatoms. The van der Waals surface area contributed by atoms with Crippen molar-refractivity contribution in [3.8, 4) is 0 Å². The van der Waals surface area contributed by atoms with Gasteiger partial charge < -0.3 is 4.90 Å². The normalized spacial score (nSPS) is 12.4. The molecule has 0 bridgehead atoms. The number of benzene rings is 1. The molecule has 0 aliphatic rings. The summed E-state index contributed by atoms with van der Waals surface area (Å²) in [7, 11) is 1.47. The molecule has 0 saturated heterocycles. The van der Waals surface area contributed by atoms with E-state index in [0.717, 1.165) is 12.1 Å². The summed E-state index contributed by atoms with van der Waals surface area (Å²) in [5, 5.41) is -0.355. The van der Waals surface area contributed by atoms with Gasteiger partial charge in [0.15, 0.2) is 0 Å². The minimum atomic E-state index is -0.852. The van der Waals surface area contributed by atoms with Crippen molar-refractivity contribution in [1.29, 1.82) is 0 Å². The maximum Gasteiger partial charge on any atom is 0.256 e. The maximum atomic E-state index is 13.5. The molecule has 0 N–H and O–H groups in total. The third kappa shape index (κ3) is 3.07. The second-order valence-electron chi connectivity index (χ2n) is 3.67. The lowest BCUT2D eigenvalue weighted by Gasteiger charge is -2.23. The van der Waals surface area contributed by atoms with Crippen molar-refractivity contribution < 1.29 is 13.6 Å². The fourth-order valence-corrected chi connectivity index (χ4v) is 1.54. The van der Waals surface area contributed by atoms with Gasteiger partial charge in [0.05, 0.1) is 10.6 Å². The molecular formula is C11H11Cl2F2NO. The van der Waals surface area contributed by atoms with E-state index in [1.165, 1.54) is 11.9 Å². The summed E-state index contributed by atoms with van der Waals surface area (Å²) in [6.07, 6.45) is 0. The molecule has 0 heterocycles. The van der Waals surface area contributed by atoms with Gasteiger partial charge in [-0.1, -0.05) is 11.6 Å². The van der Waals surface area contributed by atoms with E-state index in [-0.39, 0.29) is 22.5 Å². The number of amides is 1. The molecule has 0 spiro atoms. The second-order valence-corrected chi connectivity index (χ2v) is 4.38. The van der Waals surface area contributed by atoms with Gasteiger partial charge in [0, 0.05) is 19.0 Å². The topological polar surface area (TPSA) is 20.3 Å².